The number of hydrogen-bond donors (Lipinski definition) is 1. The summed E-state index contributed by atoms with van der Waals surface area (Å²) in [6, 6.07) is 0. The molecular weight excluding hydrogens is 609 g/mol. The van der Waals surface area contributed by atoms with E-state index in [9.17, 15) is 5.11 Å². The van der Waals surface area contributed by atoms with Crippen LogP contribution in [0.25, 0.3) is 0 Å². The second-order valence-electron chi connectivity index (χ2n) is 19.2. The molecule has 3 saturated carbocycles. The third kappa shape index (κ3) is 9.54. The maximum atomic E-state index is 12.2. The van der Waals surface area contributed by atoms with Gasteiger partial charge in [-0.05, 0) is 121 Å². The Morgan fingerprint density at radius 2 is 1.60 bits per heavy atom. The first-order chi connectivity index (χ1) is 21.5. The molecule has 0 aromatic rings. The summed E-state index contributed by atoms with van der Waals surface area (Å²) in [5.41, 5.74) is 4.09. The van der Waals surface area contributed by atoms with Gasteiger partial charge in [-0.15, -0.1) is 0 Å². The van der Waals surface area contributed by atoms with Crippen molar-refractivity contribution in [3.8, 4) is 0 Å². The van der Waals surface area contributed by atoms with Gasteiger partial charge in [-0.3, -0.25) is 0 Å². The zero-order valence-corrected chi connectivity index (χ0v) is 35.4. The van der Waals surface area contributed by atoms with E-state index < -0.39 is 22.4 Å². The molecule has 0 bridgehead atoms. The molecule has 3 fully saturated rings. The third-order valence-corrected chi connectivity index (χ3v) is 22.8. The van der Waals surface area contributed by atoms with Gasteiger partial charge in [-0.2, -0.15) is 0 Å². The van der Waals surface area contributed by atoms with Gasteiger partial charge < -0.3 is 14.0 Å². The van der Waals surface area contributed by atoms with Crippen LogP contribution in [0.4, 0.5) is 0 Å². The van der Waals surface area contributed by atoms with Crippen molar-refractivity contribution in [1.82, 2.24) is 0 Å². The Bertz CT molecular complexity index is 1160. The highest BCUT2D eigenvalue weighted by molar-refractivity contribution is 6.74. The summed E-state index contributed by atoms with van der Waals surface area (Å²) in [7, 11) is -4.35. The number of fused-ring (bicyclic) bond motifs is 1. The van der Waals surface area contributed by atoms with E-state index >= 15 is 0 Å². The van der Waals surface area contributed by atoms with Crippen LogP contribution in [0, 0.1) is 29.1 Å². The van der Waals surface area contributed by atoms with E-state index in [1.54, 1.807) is 5.57 Å². The Balaban J connectivity index is 1.89. The first-order valence-electron chi connectivity index (χ1n) is 19.4. The Morgan fingerprint density at radius 3 is 2.17 bits per heavy atom. The first kappa shape index (κ1) is 40.7. The summed E-state index contributed by atoms with van der Waals surface area (Å²) in [5.74, 6) is 1.61. The maximum Gasteiger partial charge on any atom is 0.195 e. The lowest BCUT2D eigenvalue weighted by molar-refractivity contribution is -0.168. The molecule has 0 saturated heterocycles. The predicted molar refractivity (Wildman–Crippen MR) is 210 cm³/mol. The second kappa shape index (κ2) is 15.3. The van der Waals surface area contributed by atoms with Crippen LogP contribution in [0.3, 0.4) is 0 Å². The zero-order valence-electron chi connectivity index (χ0n) is 33.4. The maximum absolute atomic E-state index is 12.2. The van der Waals surface area contributed by atoms with Crippen molar-refractivity contribution in [2.75, 3.05) is 0 Å². The van der Waals surface area contributed by atoms with Crippen molar-refractivity contribution in [3.05, 3.63) is 47.6 Å². The minimum atomic E-state index is -2.24. The topological polar surface area (TPSA) is 38.7 Å². The molecule has 47 heavy (non-hydrogen) atoms. The summed E-state index contributed by atoms with van der Waals surface area (Å²) in [6.07, 6.45) is 22.0. The lowest BCUT2D eigenvalue weighted by atomic mass is 9.61. The molecule has 1 N–H and O–H groups in total. The van der Waals surface area contributed by atoms with Crippen LogP contribution in [0.1, 0.15) is 140 Å². The summed E-state index contributed by atoms with van der Waals surface area (Å²) in [6.45, 7) is 37.0. The Hall–Kier alpha value is -0.726. The van der Waals surface area contributed by atoms with E-state index in [1.807, 2.05) is 0 Å². The molecule has 6 atom stereocenters. The molecule has 0 radical (unpaired) electrons. The Kier molecular flexibility index (Phi) is 13.2. The highest BCUT2D eigenvalue weighted by Crippen LogP contribution is 2.59. The van der Waals surface area contributed by atoms with E-state index in [0.717, 1.165) is 23.0 Å². The van der Waals surface area contributed by atoms with Gasteiger partial charge in [0, 0.05) is 12.8 Å². The average Bonchev–Trinajstić information content (AvgIpc) is 3.30. The molecule has 3 nitrogen and oxygen atoms in total. The quantitative estimate of drug-likeness (QED) is 0.126. The minimum Gasteiger partial charge on any atom is -0.410 e. The minimum absolute atomic E-state index is 0.00412. The van der Waals surface area contributed by atoms with Gasteiger partial charge in [0.2, 0.25) is 0 Å². The fourth-order valence-electron chi connectivity index (χ4n) is 8.44. The highest BCUT2D eigenvalue weighted by Gasteiger charge is 2.52. The average molecular weight is 685 g/mol. The number of rotatable bonds is 12. The third-order valence-electron chi connectivity index (χ3n) is 13.8. The first-order valence-corrected chi connectivity index (χ1v) is 25.2. The van der Waals surface area contributed by atoms with E-state index in [-0.39, 0.29) is 16.2 Å². The standard InChI is InChI=1S/C42H76O3Si2/c1-16-33(17-2)22-19-18-21-31(3)36-26-27-37-34(23-20-28-41(36,37)11)24-25-35-29-42(43,45-47(14,15)40(8,9)10)30-38(32(35)4)44-46(12,13)39(5,6)7/h18,21,24-25,31,33,36-38,43H,4,16-17,19-20,22-23,26-30H2,1-3,5-15H3/t31-,36-,37+,38+,41-,42-/m1/s1. The van der Waals surface area contributed by atoms with Gasteiger partial charge in [0.1, 0.15) is 0 Å². The van der Waals surface area contributed by atoms with E-state index in [4.69, 9.17) is 8.85 Å². The van der Waals surface area contributed by atoms with Gasteiger partial charge in [0.25, 0.3) is 0 Å². The van der Waals surface area contributed by atoms with Crippen molar-refractivity contribution < 1.29 is 14.0 Å². The van der Waals surface area contributed by atoms with Crippen molar-refractivity contribution in [3.63, 3.8) is 0 Å². The fourth-order valence-corrected chi connectivity index (χ4v) is 11.1. The SMILES string of the molecule is C=C1C(=CC=C2CCC[C@]3(C)[C@@H]([C@H](C)C=CCCC(CC)CC)CC[C@@H]23)C[C@@](O)(O[Si](C)(C)C(C)(C)C)C[C@@H]1O[Si](C)(C)C(C)(C)C. The van der Waals surface area contributed by atoms with Crippen LogP contribution in [0.5, 0.6) is 0 Å². The smallest absolute Gasteiger partial charge is 0.195 e. The van der Waals surface area contributed by atoms with Crippen molar-refractivity contribution in [2.45, 2.75) is 188 Å². The summed E-state index contributed by atoms with van der Waals surface area (Å²) >= 11 is 0. The molecule has 3 rings (SSSR count). The molecule has 5 heteroatoms. The monoisotopic (exact) mass is 685 g/mol. The number of allylic oxidation sites excluding steroid dienone is 5. The highest BCUT2D eigenvalue weighted by atomic mass is 28.4. The molecule has 0 aromatic heterocycles. The van der Waals surface area contributed by atoms with Gasteiger partial charge in [0.15, 0.2) is 22.4 Å². The van der Waals surface area contributed by atoms with Crippen LogP contribution in [-0.2, 0) is 8.85 Å². The number of aliphatic hydroxyl groups is 1. The summed E-state index contributed by atoms with van der Waals surface area (Å²) in [5, 5.41) is 12.3. The van der Waals surface area contributed by atoms with Crippen molar-refractivity contribution in [2.24, 2.45) is 29.1 Å². The molecule has 270 valence electrons. The number of hydrogen-bond acceptors (Lipinski definition) is 3. The molecular formula is C42H76O3Si2. The molecule has 3 aliphatic rings. The zero-order chi connectivity index (χ0) is 35.6. The van der Waals surface area contributed by atoms with Gasteiger partial charge in [-0.25, -0.2) is 0 Å². The van der Waals surface area contributed by atoms with Crippen LogP contribution in [0.15, 0.2) is 47.6 Å². The molecule has 0 heterocycles. The normalized spacial score (nSPS) is 32.2. The van der Waals surface area contributed by atoms with E-state index in [2.05, 4.69) is 126 Å². The van der Waals surface area contributed by atoms with Crippen molar-refractivity contribution >= 4 is 16.6 Å². The van der Waals surface area contributed by atoms with E-state index in [1.165, 1.54) is 57.8 Å². The second-order valence-corrected chi connectivity index (χ2v) is 28.6. The van der Waals surface area contributed by atoms with Gasteiger partial charge >= 0.3 is 0 Å². The van der Waals surface area contributed by atoms with Crippen LogP contribution in [0.2, 0.25) is 36.3 Å². The van der Waals surface area contributed by atoms with Crippen molar-refractivity contribution in [1.29, 1.82) is 0 Å². The molecule has 0 aliphatic heterocycles. The largest absolute Gasteiger partial charge is 0.410 e. The van der Waals surface area contributed by atoms with Gasteiger partial charge in [0.05, 0.1) is 6.10 Å². The predicted octanol–water partition coefficient (Wildman–Crippen LogP) is 12.9. The lowest BCUT2D eigenvalue weighted by Crippen LogP contribution is -2.55. The molecule has 0 unspecified atom stereocenters. The van der Waals surface area contributed by atoms with Gasteiger partial charge in [-0.1, -0.05) is 119 Å². The van der Waals surface area contributed by atoms with Crippen LogP contribution < -0.4 is 0 Å². The fraction of sp³-hybridized carbons (Fsp3) is 0.810. The summed E-state index contributed by atoms with van der Waals surface area (Å²) < 4.78 is 13.9. The lowest BCUT2D eigenvalue weighted by Gasteiger charge is -2.49. The Morgan fingerprint density at radius 1 is 0.979 bits per heavy atom. The molecule has 3 aliphatic carbocycles. The molecule has 0 aromatic carbocycles. The van der Waals surface area contributed by atoms with Crippen LogP contribution >= 0.6 is 0 Å². The van der Waals surface area contributed by atoms with E-state index in [0.29, 0.717) is 30.1 Å². The van der Waals surface area contributed by atoms with Crippen LogP contribution in [-0.4, -0.2) is 33.6 Å². The Labute approximate surface area is 294 Å². The molecule has 0 amide bonds. The summed E-state index contributed by atoms with van der Waals surface area (Å²) in [4.78, 5) is 0. The molecule has 0 spiro atoms.